The SMILES string of the molecule is [CH2]NC(=O)c1cc(OC)c(OC)c(OC)c1. The lowest BCUT2D eigenvalue weighted by molar-refractivity contribution is 0.0968. The number of rotatable bonds is 4. The van der Waals surface area contributed by atoms with E-state index in [9.17, 15) is 4.79 Å². The molecule has 1 aromatic rings. The Bertz CT molecular complexity index is 365. The second kappa shape index (κ2) is 5.25. The van der Waals surface area contributed by atoms with Gasteiger partial charge in [-0.2, -0.15) is 0 Å². The first-order valence-electron chi connectivity index (χ1n) is 4.55. The van der Waals surface area contributed by atoms with E-state index in [1.165, 1.54) is 21.3 Å². The van der Waals surface area contributed by atoms with Crippen molar-refractivity contribution < 1.29 is 19.0 Å². The molecule has 0 aliphatic rings. The summed E-state index contributed by atoms with van der Waals surface area (Å²) in [6.07, 6.45) is 0. The summed E-state index contributed by atoms with van der Waals surface area (Å²) in [5, 5.41) is 2.28. The molecule has 0 aliphatic carbocycles. The Balaban J connectivity index is 3.31. The molecule has 0 spiro atoms. The molecule has 0 bridgehead atoms. The molecule has 5 nitrogen and oxygen atoms in total. The van der Waals surface area contributed by atoms with Gasteiger partial charge in [0.1, 0.15) is 0 Å². The molecule has 0 saturated heterocycles. The Labute approximate surface area is 94.3 Å². The van der Waals surface area contributed by atoms with E-state index in [-0.39, 0.29) is 5.91 Å². The summed E-state index contributed by atoms with van der Waals surface area (Å²) < 4.78 is 15.3. The number of amides is 1. The quantitative estimate of drug-likeness (QED) is 0.835. The van der Waals surface area contributed by atoms with Crippen molar-refractivity contribution in [3.05, 3.63) is 24.7 Å². The molecule has 1 radical (unpaired) electrons. The predicted molar refractivity (Wildman–Crippen MR) is 58.9 cm³/mol. The Morgan fingerprint density at radius 2 is 1.62 bits per heavy atom. The molecule has 0 fully saturated rings. The van der Waals surface area contributed by atoms with Crippen molar-refractivity contribution in [2.24, 2.45) is 0 Å². The van der Waals surface area contributed by atoms with Gasteiger partial charge in [0.25, 0.3) is 5.91 Å². The van der Waals surface area contributed by atoms with Gasteiger partial charge >= 0.3 is 0 Å². The lowest BCUT2D eigenvalue weighted by atomic mass is 10.1. The fourth-order valence-corrected chi connectivity index (χ4v) is 1.31. The van der Waals surface area contributed by atoms with E-state index in [2.05, 4.69) is 12.4 Å². The van der Waals surface area contributed by atoms with Crippen molar-refractivity contribution in [1.82, 2.24) is 5.32 Å². The molecule has 1 aromatic carbocycles. The van der Waals surface area contributed by atoms with Crippen molar-refractivity contribution in [2.45, 2.75) is 0 Å². The van der Waals surface area contributed by atoms with Crippen molar-refractivity contribution in [1.29, 1.82) is 0 Å². The number of benzene rings is 1. The third kappa shape index (κ3) is 2.18. The molecule has 5 heteroatoms. The van der Waals surface area contributed by atoms with E-state index in [4.69, 9.17) is 14.2 Å². The minimum Gasteiger partial charge on any atom is -0.493 e. The van der Waals surface area contributed by atoms with E-state index in [1.807, 2.05) is 0 Å². The summed E-state index contributed by atoms with van der Waals surface area (Å²) >= 11 is 0. The van der Waals surface area contributed by atoms with Crippen molar-refractivity contribution in [2.75, 3.05) is 21.3 Å². The standard InChI is InChI=1S/C11H14NO4/c1-12-11(13)7-5-8(14-2)10(16-4)9(6-7)15-3/h5-6H,1H2,2-4H3,(H,12,13). The van der Waals surface area contributed by atoms with Crippen LogP contribution in [0.1, 0.15) is 10.4 Å². The van der Waals surface area contributed by atoms with Gasteiger partial charge in [0, 0.05) is 12.6 Å². The Kier molecular flexibility index (Phi) is 3.99. The topological polar surface area (TPSA) is 56.8 Å². The molecular weight excluding hydrogens is 210 g/mol. The molecule has 0 heterocycles. The highest BCUT2D eigenvalue weighted by molar-refractivity contribution is 5.95. The van der Waals surface area contributed by atoms with Gasteiger partial charge in [-0.3, -0.25) is 4.79 Å². The molecule has 1 rings (SSSR count). The first-order valence-corrected chi connectivity index (χ1v) is 4.55. The van der Waals surface area contributed by atoms with Gasteiger partial charge in [-0.25, -0.2) is 0 Å². The van der Waals surface area contributed by atoms with Crippen LogP contribution in [0.15, 0.2) is 12.1 Å². The number of methoxy groups -OCH3 is 3. The number of hydrogen-bond acceptors (Lipinski definition) is 4. The van der Waals surface area contributed by atoms with Crippen LogP contribution in [0.5, 0.6) is 17.2 Å². The van der Waals surface area contributed by atoms with Crippen molar-refractivity contribution in [3.63, 3.8) is 0 Å². The van der Waals surface area contributed by atoms with Gasteiger partial charge in [-0.1, -0.05) is 0 Å². The number of carbonyl (C=O) groups is 1. The first kappa shape index (κ1) is 12.2. The van der Waals surface area contributed by atoms with E-state index >= 15 is 0 Å². The summed E-state index contributed by atoms with van der Waals surface area (Å²) in [6, 6.07) is 3.11. The van der Waals surface area contributed by atoms with Crippen LogP contribution in [0, 0.1) is 7.05 Å². The van der Waals surface area contributed by atoms with Crippen LogP contribution in [-0.2, 0) is 0 Å². The Morgan fingerprint density at radius 3 is 1.94 bits per heavy atom. The predicted octanol–water partition coefficient (Wildman–Crippen LogP) is 1.23. The van der Waals surface area contributed by atoms with E-state index in [0.29, 0.717) is 22.8 Å². The summed E-state index contributed by atoms with van der Waals surface area (Å²) in [4.78, 5) is 11.4. The Hall–Kier alpha value is -1.91. The smallest absolute Gasteiger partial charge is 0.251 e. The second-order valence-corrected chi connectivity index (χ2v) is 2.92. The van der Waals surface area contributed by atoms with Gasteiger partial charge in [-0.15, -0.1) is 0 Å². The second-order valence-electron chi connectivity index (χ2n) is 2.92. The highest BCUT2D eigenvalue weighted by Gasteiger charge is 2.15. The largest absolute Gasteiger partial charge is 0.493 e. The van der Waals surface area contributed by atoms with Crippen LogP contribution in [0.25, 0.3) is 0 Å². The summed E-state index contributed by atoms with van der Waals surface area (Å²) in [5.41, 5.74) is 0.393. The van der Waals surface area contributed by atoms with Crippen LogP contribution in [0.3, 0.4) is 0 Å². The van der Waals surface area contributed by atoms with Gasteiger partial charge in [0.2, 0.25) is 5.75 Å². The van der Waals surface area contributed by atoms with Gasteiger partial charge in [0.05, 0.1) is 21.3 Å². The summed E-state index contributed by atoms with van der Waals surface area (Å²) in [7, 11) is 7.78. The molecule has 87 valence electrons. The molecule has 0 aliphatic heterocycles. The highest BCUT2D eigenvalue weighted by atomic mass is 16.5. The average molecular weight is 224 g/mol. The van der Waals surface area contributed by atoms with Crippen LogP contribution in [0.4, 0.5) is 0 Å². The van der Waals surface area contributed by atoms with E-state index in [1.54, 1.807) is 12.1 Å². The third-order valence-electron chi connectivity index (χ3n) is 2.09. The Morgan fingerprint density at radius 1 is 1.12 bits per heavy atom. The minimum atomic E-state index is -0.320. The van der Waals surface area contributed by atoms with Crippen LogP contribution in [0.2, 0.25) is 0 Å². The average Bonchev–Trinajstić information content (AvgIpc) is 2.35. The van der Waals surface area contributed by atoms with Crippen molar-refractivity contribution in [3.8, 4) is 17.2 Å². The normalized spacial score (nSPS) is 9.50. The molecule has 16 heavy (non-hydrogen) atoms. The zero-order chi connectivity index (χ0) is 12.1. The number of nitrogens with one attached hydrogen (secondary N) is 1. The van der Waals surface area contributed by atoms with E-state index in [0.717, 1.165) is 0 Å². The summed E-state index contributed by atoms with van der Waals surface area (Å²) in [6.45, 7) is 0. The third-order valence-corrected chi connectivity index (χ3v) is 2.09. The molecule has 1 amide bonds. The molecule has 1 N–H and O–H groups in total. The lowest BCUT2D eigenvalue weighted by Crippen LogP contribution is -2.15. The van der Waals surface area contributed by atoms with Crippen LogP contribution >= 0.6 is 0 Å². The number of hydrogen-bond donors (Lipinski definition) is 1. The highest BCUT2D eigenvalue weighted by Crippen LogP contribution is 2.38. The monoisotopic (exact) mass is 224 g/mol. The fraction of sp³-hybridized carbons (Fsp3) is 0.273. The van der Waals surface area contributed by atoms with Gasteiger partial charge < -0.3 is 19.5 Å². The van der Waals surface area contributed by atoms with Crippen LogP contribution in [-0.4, -0.2) is 27.2 Å². The number of ether oxygens (including phenoxy) is 3. The minimum absolute atomic E-state index is 0.320. The zero-order valence-corrected chi connectivity index (χ0v) is 9.49. The fourth-order valence-electron chi connectivity index (χ4n) is 1.31. The zero-order valence-electron chi connectivity index (χ0n) is 9.49. The molecule has 0 aromatic heterocycles. The summed E-state index contributed by atoms with van der Waals surface area (Å²) in [5.74, 6) is 0.991. The van der Waals surface area contributed by atoms with Gasteiger partial charge in [0.15, 0.2) is 11.5 Å². The molecule has 0 atom stereocenters. The maximum Gasteiger partial charge on any atom is 0.251 e. The molecule has 0 unspecified atom stereocenters. The lowest BCUT2D eigenvalue weighted by Gasteiger charge is -2.13. The van der Waals surface area contributed by atoms with Crippen LogP contribution < -0.4 is 19.5 Å². The first-order chi connectivity index (χ1) is 7.67. The molecular formula is C11H14NO4. The van der Waals surface area contributed by atoms with Crippen molar-refractivity contribution >= 4 is 5.91 Å². The number of carbonyl (C=O) groups excluding carboxylic acids is 1. The molecule has 0 saturated carbocycles. The maximum atomic E-state index is 11.4. The van der Waals surface area contributed by atoms with Gasteiger partial charge in [-0.05, 0) is 12.1 Å². The van der Waals surface area contributed by atoms with E-state index < -0.39 is 0 Å². The maximum absolute atomic E-state index is 11.4.